The standard InChI is InChI=1S/C33H26ClN3O7S/c34-24-16-18-25(19-17-24)45-33-27(36-37-35)29(44-32(40)23-14-8-3-9-15-23)28(43-31(39)22-12-6-2-7-13-22)26(42-33)20-41-30(38)21-10-4-1-5-11-21/h1-19,26-29,33H,20H2/t26-,27-,28-,29-,33+/m1/s1. The Kier molecular flexibility index (Phi) is 10.7. The Balaban J connectivity index is 1.52. The van der Waals surface area contributed by atoms with Gasteiger partial charge in [-0.15, -0.1) is 0 Å². The van der Waals surface area contributed by atoms with E-state index in [1.54, 1.807) is 115 Å². The normalized spacial score (nSPS) is 20.7. The Hall–Kier alpha value is -4.80. The molecule has 4 aromatic carbocycles. The molecule has 0 amide bonds. The summed E-state index contributed by atoms with van der Waals surface area (Å²) >= 11 is 7.25. The highest BCUT2D eigenvalue weighted by atomic mass is 35.5. The van der Waals surface area contributed by atoms with Gasteiger partial charge in [0, 0.05) is 14.8 Å². The molecule has 1 fully saturated rings. The number of nitrogens with zero attached hydrogens (tertiary/aromatic N) is 3. The van der Waals surface area contributed by atoms with Gasteiger partial charge < -0.3 is 18.9 Å². The minimum Gasteiger partial charge on any atom is -0.459 e. The van der Waals surface area contributed by atoms with Gasteiger partial charge in [-0.05, 0) is 66.2 Å². The molecule has 1 saturated heterocycles. The number of hydrogen-bond acceptors (Lipinski definition) is 9. The van der Waals surface area contributed by atoms with Crippen LogP contribution in [0.4, 0.5) is 0 Å². The van der Waals surface area contributed by atoms with E-state index in [1.165, 1.54) is 11.8 Å². The Morgan fingerprint density at radius 3 is 1.73 bits per heavy atom. The summed E-state index contributed by atoms with van der Waals surface area (Å²) < 4.78 is 23.9. The number of carbonyl (C=O) groups is 3. The number of thioether (sulfide) groups is 1. The van der Waals surface area contributed by atoms with Crippen LogP contribution >= 0.6 is 23.4 Å². The molecule has 0 saturated carbocycles. The number of halogens is 1. The van der Waals surface area contributed by atoms with E-state index < -0.39 is 47.7 Å². The average Bonchev–Trinajstić information content (AvgIpc) is 3.08. The zero-order valence-electron chi connectivity index (χ0n) is 23.5. The number of hydrogen-bond donors (Lipinski definition) is 0. The number of ether oxygens (including phenoxy) is 4. The molecule has 1 aliphatic rings. The van der Waals surface area contributed by atoms with Crippen LogP contribution in [-0.4, -0.2) is 54.3 Å². The van der Waals surface area contributed by atoms with Gasteiger partial charge in [0.1, 0.15) is 24.2 Å². The Morgan fingerprint density at radius 1 is 0.733 bits per heavy atom. The van der Waals surface area contributed by atoms with Gasteiger partial charge in [0.15, 0.2) is 12.2 Å². The number of azide groups is 1. The lowest BCUT2D eigenvalue weighted by Crippen LogP contribution is -2.60. The predicted molar refractivity (Wildman–Crippen MR) is 167 cm³/mol. The molecule has 10 nitrogen and oxygen atoms in total. The molecule has 0 unspecified atom stereocenters. The maximum Gasteiger partial charge on any atom is 0.338 e. The fourth-order valence-electron chi connectivity index (χ4n) is 4.58. The second kappa shape index (κ2) is 15.3. The second-order valence-corrected chi connectivity index (χ2v) is 11.4. The summed E-state index contributed by atoms with van der Waals surface area (Å²) in [5, 5.41) is 4.46. The molecule has 0 bridgehead atoms. The first-order valence-corrected chi connectivity index (χ1v) is 15.0. The van der Waals surface area contributed by atoms with Gasteiger partial charge in [0.25, 0.3) is 0 Å². The summed E-state index contributed by atoms with van der Waals surface area (Å²) in [7, 11) is 0. The van der Waals surface area contributed by atoms with E-state index >= 15 is 0 Å². The summed E-state index contributed by atoms with van der Waals surface area (Å²) in [5.41, 5.74) is 9.38. The second-order valence-electron chi connectivity index (χ2n) is 9.75. The lowest BCUT2D eigenvalue weighted by molar-refractivity contribution is -0.170. The minimum absolute atomic E-state index is 0.226. The fraction of sp³-hybridized carbons (Fsp3) is 0.182. The van der Waals surface area contributed by atoms with Gasteiger partial charge in [-0.3, -0.25) is 0 Å². The molecule has 45 heavy (non-hydrogen) atoms. The Morgan fingerprint density at radius 2 is 1.22 bits per heavy atom. The summed E-state index contributed by atoms with van der Waals surface area (Å²) in [6.45, 7) is -0.374. The number of carbonyl (C=O) groups excluding carboxylic acids is 3. The third kappa shape index (κ3) is 8.23. The van der Waals surface area contributed by atoms with Crippen molar-refractivity contribution in [3.05, 3.63) is 147 Å². The molecule has 4 aromatic rings. The molecular formula is C33H26ClN3O7S. The predicted octanol–water partition coefficient (Wildman–Crippen LogP) is 7.14. The maximum atomic E-state index is 13.4. The molecule has 0 radical (unpaired) electrons. The first-order valence-electron chi connectivity index (χ1n) is 13.8. The van der Waals surface area contributed by atoms with E-state index in [-0.39, 0.29) is 17.7 Å². The van der Waals surface area contributed by atoms with Gasteiger partial charge in [-0.25, -0.2) is 14.4 Å². The van der Waals surface area contributed by atoms with Gasteiger partial charge in [-0.1, -0.05) is 83.1 Å². The molecule has 0 aliphatic carbocycles. The van der Waals surface area contributed by atoms with Crippen molar-refractivity contribution in [3.8, 4) is 0 Å². The van der Waals surface area contributed by atoms with Crippen LogP contribution in [-0.2, 0) is 18.9 Å². The fourth-order valence-corrected chi connectivity index (χ4v) is 5.81. The summed E-state index contributed by atoms with van der Waals surface area (Å²) in [4.78, 5) is 43.3. The lowest BCUT2D eigenvalue weighted by atomic mass is 9.97. The van der Waals surface area contributed by atoms with Crippen LogP contribution in [0, 0.1) is 0 Å². The van der Waals surface area contributed by atoms with Crippen LogP contribution in [0.2, 0.25) is 5.02 Å². The zero-order valence-corrected chi connectivity index (χ0v) is 25.1. The highest BCUT2D eigenvalue weighted by molar-refractivity contribution is 7.99. The van der Waals surface area contributed by atoms with Crippen LogP contribution in [0.25, 0.3) is 10.4 Å². The number of esters is 3. The molecular weight excluding hydrogens is 618 g/mol. The molecule has 228 valence electrons. The van der Waals surface area contributed by atoms with Crippen LogP contribution in [0.15, 0.2) is 125 Å². The SMILES string of the molecule is [N-]=[N+]=N[C@@H]1[C@@H](OC(=O)c2ccccc2)[C@H](OC(=O)c2ccccc2)[C@@H](COC(=O)c2ccccc2)O[C@H]1Sc1ccc(Cl)cc1. The smallest absolute Gasteiger partial charge is 0.338 e. The molecule has 5 rings (SSSR count). The van der Waals surface area contributed by atoms with Crippen molar-refractivity contribution in [2.75, 3.05) is 6.61 Å². The van der Waals surface area contributed by atoms with E-state index in [2.05, 4.69) is 10.0 Å². The first-order chi connectivity index (χ1) is 21.9. The monoisotopic (exact) mass is 643 g/mol. The first kappa shape index (κ1) is 31.6. The topological polar surface area (TPSA) is 137 Å². The average molecular weight is 644 g/mol. The van der Waals surface area contributed by atoms with Crippen molar-refractivity contribution in [1.29, 1.82) is 0 Å². The third-order valence-electron chi connectivity index (χ3n) is 6.76. The maximum absolute atomic E-state index is 13.4. The molecule has 0 N–H and O–H groups in total. The molecule has 0 spiro atoms. The zero-order chi connectivity index (χ0) is 31.6. The van der Waals surface area contributed by atoms with Crippen molar-refractivity contribution in [3.63, 3.8) is 0 Å². The van der Waals surface area contributed by atoms with Crippen LogP contribution in [0.5, 0.6) is 0 Å². The summed E-state index contributed by atoms with van der Waals surface area (Å²) in [6, 6.07) is 30.5. The van der Waals surface area contributed by atoms with Gasteiger partial charge in [-0.2, -0.15) is 0 Å². The van der Waals surface area contributed by atoms with Crippen LogP contribution in [0.3, 0.4) is 0 Å². The third-order valence-corrected chi connectivity index (χ3v) is 8.18. The largest absolute Gasteiger partial charge is 0.459 e. The van der Waals surface area contributed by atoms with Crippen molar-refractivity contribution < 1.29 is 33.3 Å². The highest BCUT2D eigenvalue weighted by Crippen LogP contribution is 2.38. The Bertz CT molecular complexity index is 1660. The number of rotatable bonds is 10. The molecule has 5 atom stereocenters. The molecule has 1 heterocycles. The Labute approximate surface area is 267 Å². The van der Waals surface area contributed by atoms with Crippen LogP contribution < -0.4 is 0 Å². The van der Waals surface area contributed by atoms with Crippen molar-refractivity contribution in [2.24, 2.45) is 5.11 Å². The lowest BCUT2D eigenvalue weighted by Gasteiger charge is -2.43. The van der Waals surface area contributed by atoms with Gasteiger partial charge >= 0.3 is 17.9 Å². The minimum atomic E-state index is -1.34. The van der Waals surface area contributed by atoms with Gasteiger partial charge in [0.05, 0.1) is 16.7 Å². The van der Waals surface area contributed by atoms with Crippen molar-refractivity contribution in [2.45, 2.75) is 34.7 Å². The quantitative estimate of drug-likeness (QED) is 0.0584. The number of benzene rings is 4. The summed E-state index contributed by atoms with van der Waals surface area (Å²) in [5.74, 6) is -2.12. The molecule has 12 heteroatoms. The van der Waals surface area contributed by atoms with E-state index in [1.807, 2.05) is 0 Å². The van der Waals surface area contributed by atoms with Crippen molar-refractivity contribution >= 4 is 41.3 Å². The van der Waals surface area contributed by atoms with Crippen molar-refractivity contribution in [1.82, 2.24) is 0 Å². The van der Waals surface area contributed by atoms with E-state index in [0.717, 1.165) is 0 Å². The van der Waals surface area contributed by atoms with E-state index in [4.69, 9.17) is 30.5 Å². The van der Waals surface area contributed by atoms with E-state index in [0.29, 0.717) is 15.5 Å². The van der Waals surface area contributed by atoms with E-state index in [9.17, 15) is 19.9 Å². The highest BCUT2D eigenvalue weighted by Gasteiger charge is 2.51. The van der Waals surface area contributed by atoms with Crippen LogP contribution in [0.1, 0.15) is 31.1 Å². The summed E-state index contributed by atoms with van der Waals surface area (Å²) in [6.07, 6.45) is -3.81. The molecule has 1 aliphatic heterocycles. The van der Waals surface area contributed by atoms with Gasteiger partial charge in [0.2, 0.25) is 0 Å². The molecule has 0 aromatic heterocycles.